The van der Waals surface area contributed by atoms with Crippen LogP contribution in [0.5, 0.6) is 0 Å². The van der Waals surface area contributed by atoms with Crippen molar-refractivity contribution in [1.82, 2.24) is 0 Å². The molecule has 0 spiro atoms. The first-order valence-corrected chi connectivity index (χ1v) is 6.82. The lowest BCUT2D eigenvalue weighted by atomic mass is 10.2. The van der Waals surface area contributed by atoms with E-state index in [1.54, 1.807) is 12.1 Å². The first kappa shape index (κ1) is 13.2. The lowest BCUT2D eigenvalue weighted by molar-refractivity contribution is 1.15. The number of nitrogens with zero attached hydrogens (tertiary/aromatic N) is 1. The zero-order chi connectivity index (χ0) is 13.0. The number of hydrogen-bond donors (Lipinski definition) is 1. The van der Waals surface area contributed by atoms with Crippen LogP contribution in [0.2, 0.25) is 5.02 Å². The molecule has 0 aliphatic rings. The molecule has 2 rings (SSSR count). The molecule has 90 valence electrons. The predicted octanol–water partition coefficient (Wildman–Crippen LogP) is 4.43. The molecule has 0 fully saturated rings. The molecule has 0 saturated heterocycles. The Morgan fingerprint density at radius 3 is 2.50 bits per heavy atom. The van der Waals surface area contributed by atoms with Crippen LogP contribution in [-0.4, -0.2) is 0 Å². The van der Waals surface area contributed by atoms with Gasteiger partial charge in [0.05, 0.1) is 22.3 Å². The molecule has 0 aliphatic carbocycles. The molecule has 0 radical (unpaired) electrons. The Labute approximate surface area is 125 Å². The minimum absolute atomic E-state index is 0.569. The Hall–Kier alpha value is -1.25. The summed E-state index contributed by atoms with van der Waals surface area (Å²) in [5, 5.41) is 12.6. The SMILES string of the molecule is N#Cc1ccc(NCc2ccc(I)cc2)c(Cl)c1. The highest BCUT2D eigenvalue weighted by atomic mass is 127. The molecule has 4 heteroatoms. The van der Waals surface area contributed by atoms with Gasteiger partial charge in [-0.1, -0.05) is 23.7 Å². The molecule has 0 atom stereocenters. The number of anilines is 1. The van der Waals surface area contributed by atoms with Crippen LogP contribution < -0.4 is 5.32 Å². The predicted molar refractivity (Wildman–Crippen MR) is 82.7 cm³/mol. The minimum atomic E-state index is 0.569. The van der Waals surface area contributed by atoms with Crippen molar-refractivity contribution in [2.45, 2.75) is 6.54 Å². The molecule has 0 aliphatic heterocycles. The first-order valence-electron chi connectivity index (χ1n) is 5.37. The molecule has 0 aromatic heterocycles. The summed E-state index contributed by atoms with van der Waals surface area (Å²) in [6, 6.07) is 15.6. The minimum Gasteiger partial charge on any atom is -0.380 e. The molecule has 2 nitrogen and oxygen atoms in total. The monoisotopic (exact) mass is 368 g/mol. The van der Waals surface area contributed by atoms with Crippen molar-refractivity contribution in [3.63, 3.8) is 0 Å². The molecular weight excluding hydrogens is 359 g/mol. The first-order chi connectivity index (χ1) is 8.69. The van der Waals surface area contributed by atoms with Crippen LogP contribution in [0.15, 0.2) is 42.5 Å². The molecule has 0 saturated carbocycles. The average molecular weight is 369 g/mol. The van der Waals surface area contributed by atoms with E-state index < -0.39 is 0 Å². The van der Waals surface area contributed by atoms with Crippen LogP contribution in [0.3, 0.4) is 0 Å². The fraction of sp³-hybridized carbons (Fsp3) is 0.0714. The van der Waals surface area contributed by atoms with Gasteiger partial charge in [-0.2, -0.15) is 5.26 Å². The molecule has 2 aromatic carbocycles. The van der Waals surface area contributed by atoms with E-state index in [0.717, 1.165) is 5.69 Å². The van der Waals surface area contributed by atoms with E-state index in [0.29, 0.717) is 17.1 Å². The van der Waals surface area contributed by atoms with Gasteiger partial charge in [0.15, 0.2) is 0 Å². The standard InChI is InChI=1S/C14H10ClIN2/c15-13-7-11(8-17)3-6-14(13)18-9-10-1-4-12(16)5-2-10/h1-7,18H,9H2. The van der Waals surface area contributed by atoms with E-state index in [-0.39, 0.29) is 0 Å². The maximum absolute atomic E-state index is 8.76. The summed E-state index contributed by atoms with van der Waals surface area (Å²) in [6.45, 7) is 0.711. The Morgan fingerprint density at radius 2 is 1.89 bits per heavy atom. The van der Waals surface area contributed by atoms with E-state index in [2.05, 4.69) is 58.2 Å². The Morgan fingerprint density at radius 1 is 1.17 bits per heavy atom. The van der Waals surface area contributed by atoms with Crippen LogP contribution in [0, 0.1) is 14.9 Å². The molecular formula is C14H10ClIN2. The van der Waals surface area contributed by atoms with Crippen molar-refractivity contribution >= 4 is 39.9 Å². The van der Waals surface area contributed by atoms with Crippen molar-refractivity contribution in [2.24, 2.45) is 0 Å². The Balaban J connectivity index is 2.06. The van der Waals surface area contributed by atoms with Gasteiger partial charge in [0.25, 0.3) is 0 Å². The van der Waals surface area contributed by atoms with Gasteiger partial charge in [-0.25, -0.2) is 0 Å². The smallest absolute Gasteiger partial charge is 0.0992 e. The number of hydrogen-bond acceptors (Lipinski definition) is 2. The summed E-state index contributed by atoms with van der Waals surface area (Å²) in [7, 11) is 0. The summed E-state index contributed by atoms with van der Waals surface area (Å²) in [5.74, 6) is 0. The summed E-state index contributed by atoms with van der Waals surface area (Å²) in [6.07, 6.45) is 0. The Kier molecular flexibility index (Phi) is 4.45. The maximum atomic E-state index is 8.76. The normalized spacial score (nSPS) is 9.83. The van der Waals surface area contributed by atoms with Gasteiger partial charge >= 0.3 is 0 Å². The average Bonchev–Trinajstić information content (AvgIpc) is 2.39. The van der Waals surface area contributed by atoms with Crippen molar-refractivity contribution in [1.29, 1.82) is 5.26 Å². The lowest BCUT2D eigenvalue weighted by Crippen LogP contribution is -2.00. The van der Waals surface area contributed by atoms with Gasteiger partial charge in [0.2, 0.25) is 0 Å². The highest BCUT2D eigenvalue weighted by molar-refractivity contribution is 14.1. The fourth-order valence-corrected chi connectivity index (χ4v) is 2.13. The highest BCUT2D eigenvalue weighted by Gasteiger charge is 2.01. The van der Waals surface area contributed by atoms with Gasteiger partial charge in [-0.05, 0) is 58.5 Å². The van der Waals surface area contributed by atoms with Gasteiger partial charge in [0, 0.05) is 10.1 Å². The summed E-state index contributed by atoms with van der Waals surface area (Å²) in [4.78, 5) is 0. The maximum Gasteiger partial charge on any atom is 0.0992 e. The van der Waals surface area contributed by atoms with E-state index in [1.807, 2.05) is 6.07 Å². The molecule has 0 bridgehead atoms. The zero-order valence-corrected chi connectivity index (χ0v) is 12.4. The molecule has 1 N–H and O–H groups in total. The van der Waals surface area contributed by atoms with Crippen LogP contribution in [-0.2, 0) is 6.54 Å². The Bertz CT molecular complexity index is 588. The van der Waals surface area contributed by atoms with E-state index in [4.69, 9.17) is 16.9 Å². The number of halogens is 2. The second kappa shape index (κ2) is 6.07. The second-order valence-electron chi connectivity index (χ2n) is 3.79. The number of nitriles is 1. The third kappa shape index (κ3) is 3.37. The number of benzene rings is 2. The second-order valence-corrected chi connectivity index (χ2v) is 5.44. The highest BCUT2D eigenvalue weighted by Crippen LogP contribution is 2.23. The molecule has 18 heavy (non-hydrogen) atoms. The lowest BCUT2D eigenvalue weighted by Gasteiger charge is -2.08. The van der Waals surface area contributed by atoms with Crippen LogP contribution in [0.25, 0.3) is 0 Å². The van der Waals surface area contributed by atoms with E-state index in [1.165, 1.54) is 9.13 Å². The van der Waals surface area contributed by atoms with Crippen LogP contribution in [0.1, 0.15) is 11.1 Å². The number of nitrogens with one attached hydrogen (secondary N) is 1. The topological polar surface area (TPSA) is 35.8 Å². The van der Waals surface area contributed by atoms with Crippen molar-refractivity contribution in [3.8, 4) is 6.07 Å². The van der Waals surface area contributed by atoms with Crippen LogP contribution in [0.4, 0.5) is 5.69 Å². The summed E-state index contributed by atoms with van der Waals surface area (Å²) >= 11 is 8.36. The number of rotatable bonds is 3. The van der Waals surface area contributed by atoms with Crippen LogP contribution >= 0.6 is 34.2 Å². The van der Waals surface area contributed by atoms with Crippen molar-refractivity contribution < 1.29 is 0 Å². The van der Waals surface area contributed by atoms with Crippen molar-refractivity contribution in [3.05, 3.63) is 62.2 Å². The van der Waals surface area contributed by atoms with Gasteiger partial charge in [0.1, 0.15) is 0 Å². The van der Waals surface area contributed by atoms with Gasteiger partial charge < -0.3 is 5.32 Å². The van der Waals surface area contributed by atoms with Crippen molar-refractivity contribution in [2.75, 3.05) is 5.32 Å². The third-order valence-electron chi connectivity index (χ3n) is 2.49. The largest absolute Gasteiger partial charge is 0.380 e. The molecule has 0 unspecified atom stereocenters. The van der Waals surface area contributed by atoms with E-state index in [9.17, 15) is 0 Å². The van der Waals surface area contributed by atoms with E-state index >= 15 is 0 Å². The molecule has 0 heterocycles. The van der Waals surface area contributed by atoms with Gasteiger partial charge in [-0.3, -0.25) is 0 Å². The quantitative estimate of drug-likeness (QED) is 0.814. The fourth-order valence-electron chi connectivity index (χ4n) is 1.53. The summed E-state index contributed by atoms with van der Waals surface area (Å²) < 4.78 is 1.22. The third-order valence-corrected chi connectivity index (χ3v) is 3.53. The summed E-state index contributed by atoms with van der Waals surface area (Å²) in [5.41, 5.74) is 2.60. The zero-order valence-electron chi connectivity index (χ0n) is 9.45. The molecule has 2 aromatic rings. The van der Waals surface area contributed by atoms with Gasteiger partial charge in [-0.15, -0.1) is 0 Å². The molecule has 0 amide bonds.